The van der Waals surface area contributed by atoms with Gasteiger partial charge in [-0.15, -0.1) is 0 Å². The van der Waals surface area contributed by atoms with Crippen LogP contribution in [-0.4, -0.2) is 5.97 Å². The number of hydrogen-bond acceptors (Lipinski definition) is 5. The lowest BCUT2D eigenvalue weighted by Gasteiger charge is -2.12. The van der Waals surface area contributed by atoms with Crippen molar-refractivity contribution in [3.63, 3.8) is 0 Å². The summed E-state index contributed by atoms with van der Waals surface area (Å²) >= 11 is 0. The number of esters is 1. The van der Waals surface area contributed by atoms with Crippen LogP contribution in [0.4, 0.5) is 0 Å². The summed E-state index contributed by atoms with van der Waals surface area (Å²) < 4.78 is 16.8. The van der Waals surface area contributed by atoms with Crippen LogP contribution in [0.25, 0.3) is 11.0 Å². The summed E-state index contributed by atoms with van der Waals surface area (Å²) in [7, 11) is 0. The molecule has 0 atom stereocenters. The van der Waals surface area contributed by atoms with Crippen molar-refractivity contribution >= 4 is 16.9 Å². The SMILES string of the molecule is CCCc1ccc(Oc2c(C)oc3c(C)c(OC(C)=O)ccc3c2=O)cc1. The predicted molar refractivity (Wildman–Crippen MR) is 104 cm³/mol. The molecule has 0 aliphatic rings. The molecule has 0 aliphatic heterocycles. The zero-order valence-corrected chi connectivity index (χ0v) is 15.9. The van der Waals surface area contributed by atoms with Gasteiger partial charge in [0.25, 0.3) is 0 Å². The van der Waals surface area contributed by atoms with Crippen LogP contribution in [0.2, 0.25) is 0 Å². The number of ether oxygens (including phenoxy) is 2. The Bertz CT molecular complexity index is 1040. The second-order valence-corrected chi connectivity index (χ2v) is 6.47. The molecule has 140 valence electrons. The summed E-state index contributed by atoms with van der Waals surface area (Å²) in [6.07, 6.45) is 2.07. The molecule has 5 heteroatoms. The van der Waals surface area contributed by atoms with Crippen LogP contribution >= 0.6 is 0 Å². The van der Waals surface area contributed by atoms with Gasteiger partial charge in [0.1, 0.15) is 22.8 Å². The number of rotatable bonds is 5. The molecule has 0 amide bonds. The molecular weight excluding hydrogens is 344 g/mol. The van der Waals surface area contributed by atoms with E-state index < -0.39 is 5.97 Å². The lowest BCUT2D eigenvalue weighted by molar-refractivity contribution is -0.131. The number of carbonyl (C=O) groups is 1. The molecule has 0 spiro atoms. The van der Waals surface area contributed by atoms with Gasteiger partial charge in [-0.25, -0.2) is 0 Å². The van der Waals surface area contributed by atoms with E-state index >= 15 is 0 Å². The molecule has 0 saturated carbocycles. The molecule has 0 unspecified atom stereocenters. The molecule has 0 saturated heterocycles. The first kappa shape index (κ1) is 18.7. The van der Waals surface area contributed by atoms with Crippen LogP contribution in [0.1, 0.15) is 37.2 Å². The van der Waals surface area contributed by atoms with E-state index in [9.17, 15) is 9.59 Å². The summed E-state index contributed by atoms with van der Waals surface area (Å²) in [5.74, 6) is 1.05. The van der Waals surface area contributed by atoms with Gasteiger partial charge in [-0.2, -0.15) is 0 Å². The number of aryl methyl sites for hydroxylation is 3. The Morgan fingerprint density at radius 3 is 2.41 bits per heavy atom. The van der Waals surface area contributed by atoms with Crippen molar-refractivity contribution in [1.29, 1.82) is 0 Å². The lowest BCUT2D eigenvalue weighted by Crippen LogP contribution is -2.09. The van der Waals surface area contributed by atoms with Crippen LogP contribution < -0.4 is 14.9 Å². The maximum atomic E-state index is 12.9. The molecule has 3 aromatic rings. The van der Waals surface area contributed by atoms with Gasteiger partial charge < -0.3 is 13.9 Å². The third kappa shape index (κ3) is 3.87. The second kappa shape index (κ2) is 7.66. The first-order chi connectivity index (χ1) is 12.9. The highest BCUT2D eigenvalue weighted by Crippen LogP contribution is 2.31. The molecule has 0 fully saturated rings. The van der Waals surface area contributed by atoms with Gasteiger partial charge in [-0.3, -0.25) is 9.59 Å². The number of carbonyl (C=O) groups excluding carboxylic acids is 1. The number of fused-ring (bicyclic) bond motifs is 1. The molecule has 1 aromatic heterocycles. The summed E-state index contributed by atoms with van der Waals surface area (Å²) in [6.45, 7) is 6.88. The van der Waals surface area contributed by atoms with E-state index in [1.165, 1.54) is 12.5 Å². The summed E-state index contributed by atoms with van der Waals surface area (Å²) in [5, 5.41) is 0.381. The van der Waals surface area contributed by atoms with Crippen molar-refractivity contribution in [3.8, 4) is 17.2 Å². The smallest absolute Gasteiger partial charge is 0.308 e. The normalized spacial score (nSPS) is 10.8. The zero-order chi connectivity index (χ0) is 19.6. The quantitative estimate of drug-likeness (QED) is 0.465. The topological polar surface area (TPSA) is 65.7 Å². The summed E-state index contributed by atoms with van der Waals surface area (Å²) in [5.41, 5.74) is 1.95. The highest BCUT2D eigenvalue weighted by Gasteiger charge is 2.17. The first-order valence-corrected chi connectivity index (χ1v) is 8.93. The van der Waals surface area contributed by atoms with E-state index in [-0.39, 0.29) is 11.2 Å². The minimum Gasteiger partial charge on any atom is -0.457 e. The van der Waals surface area contributed by atoms with Gasteiger partial charge in [0.15, 0.2) is 0 Å². The molecular formula is C22H22O5. The van der Waals surface area contributed by atoms with Crippen LogP contribution in [0.15, 0.2) is 45.6 Å². The Hall–Kier alpha value is -3.08. The van der Waals surface area contributed by atoms with Crippen LogP contribution in [0.5, 0.6) is 17.2 Å². The fourth-order valence-corrected chi connectivity index (χ4v) is 2.98. The standard InChI is InChI=1S/C22H22O5/c1-5-6-16-7-9-17(10-8-16)27-22-14(3)25-21-13(2)19(26-15(4)23)12-11-18(21)20(22)24/h7-12H,5-6H2,1-4H3. The Kier molecular flexibility index (Phi) is 5.31. The van der Waals surface area contributed by atoms with Crippen LogP contribution in [0.3, 0.4) is 0 Å². The Morgan fingerprint density at radius 1 is 1.07 bits per heavy atom. The third-order valence-corrected chi connectivity index (χ3v) is 4.32. The molecule has 2 aromatic carbocycles. The highest BCUT2D eigenvalue weighted by molar-refractivity contribution is 5.84. The van der Waals surface area contributed by atoms with E-state index in [1.54, 1.807) is 26.0 Å². The molecule has 27 heavy (non-hydrogen) atoms. The average Bonchev–Trinajstić information content (AvgIpc) is 2.63. The van der Waals surface area contributed by atoms with E-state index in [1.807, 2.05) is 24.3 Å². The fraction of sp³-hybridized carbons (Fsp3) is 0.273. The van der Waals surface area contributed by atoms with E-state index in [2.05, 4.69) is 6.92 Å². The van der Waals surface area contributed by atoms with E-state index in [0.717, 1.165) is 12.8 Å². The lowest BCUT2D eigenvalue weighted by atomic mass is 10.1. The van der Waals surface area contributed by atoms with Gasteiger partial charge >= 0.3 is 5.97 Å². The predicted octanol–water partition coefficient (Wildman–Crippen LogP) is 5.08. The van der Waals surface area contributed by atoms with Gasteiger partial charge in [0, 0.05) is 12.5 Å². The number of benzene rings is 2. The maximum Gasteiger partial charge on any atom is 0.308 e. The molecule has 0 N–H and O–H groups in total. The largest absolute Gasteiger partial charge is 0.457 e. The summed E-state index contributed by atoms with van der Waals surface area (Å²) in [6, 6.07) is 10.9. The van der Waals surface area contributed by atoms with Crippen LogP contribution in [0, 0.1) is 13.8 Å². The number of hydrogen-bond donors (Lipinski definition) is 0. The zero-order valence-electron chi connectivity index (χ0n) is 15.9. The minimum atomic E-state index is -0.428. The summed E-state index contributed by atoms with van der Waals surface area (Å²) in [4.78, 5) is 24.1. The van der Waals surface area contributed by atoms with Crippen molar-refractivity contribution in [2.24, 2.45) is 0 Å². The average molecular weight is 366 g/mol. The van der Waals surface area contributed by atoms with Crippen molar-refractivity contribution in [3.05, 3.63) is 63.5 Å². The first-order valence-electron chi connectivity index (χ1n) is 8.93. The van der Waals surface area contributed by atoms with E-state index in [0.29, 0.717) is 33.8 Å². The second-order valence-electron chi connectivity index (χ2n) is 6.47. The molecule has 0 radical (unpaired) electrons. The minimum absolute atomic E-state index is 0.158. The van der Waals surface area contributed by atoms with Crippen molar-refractivity contribution in [2.45, 2.75) is 40.5 Å². The van der Waals surface area contributed by atoms with Crippen molar-refractivity contribution in [1.82, 2.24) is 0 Å². The monoisotopic (exact) mass is 366 g/mol. The van der Waals surface area contributed by atoms with E-state index in [4.69, 9.17) is 13.9 Å². The highest BCUT2D eigenvalue weighted by atomic mass is 16.5. The molecule has 0 bridgehead atoms. The molecule has 1 heterocycles. The molecule has 0 aliphatic carbocycles. The Labute approximate surface area is 157 Å². The van der Waals surface area contributed by atoms with Crippen LogP contribution in [-0.2, 0) is 11.2 Å². The van der Waals surface area contributed by atoms with Crippen molar-refractivity contribution < 1.29 is 18.7 Å². The fourth-order valence-electron chi connectivity index (χ4n) is 2.98. The Morgan fingerprint density at radius 2 is 1.78 bits per heavy atom. The van der Waals surface area contributed by atoms with Gasteiger partial charge in [0.2, 0.25) is 11.2 Å². The molecule has 3 rings (SSSR count). The van der Waals surface area contributed by atoms with Gasteiger partial charge in [-0.05, 0) is 50.1 Å². The van der Waals surface area contributed by atoms with Crippen molar-refractivity contribution in [2.75, 3.05) is 0 Å². The van der Waals surface area contributed by atoms with Gasteiger partial charge in [0.05, 0.1) is 5.39 Å². The molecule has 5 nitrogen and oxygen atoms in total. The van der Waals surface area contributed by atoms with Gasteiger partial charge in [-0.1, -0.05) is 25.5 Å². The Balaban J connectivity index is 2.02. The third-order valence-electron chi connectivity index (χ3n) is 4.32. The maximum absolute atomic E-state index is 12.9.